The summed E-state index contributed by atoms with van der Waals surface area (Å²) in [6.45, 7) is 3.90. The monoisotopic (exact) mass is 273 g/mol. The Morgan fingerprint density at radius 3 is 2.55 bits per heavy atom. The van der Waals surface area contributed by atoms with Crippen LogP contribution in [-0.2, 0) is 16.1 Å². The van der Waals surface area contributed by atoms with Crippen LogP contribution in [0.2, 0.25) is 0 Å². The Morgan fingerprint density at radius 1 is 1.30 bits per heavy atom. The summed E-state index contributed by atoms with van der Waals surface area (Å²) in [4.78, 5) is 11.8. The molecule has 0 saturated heterocycles. The predicted molar refractivity (Wildman–Crippen MR) is 78.4 cm³/mol. The van der Waals surface area contributed by atoms with Crippen LogP contribution in [-0.4, -0.2) is 19.1 Å². The summed E-state index contributed by atoms with van der Waals surface area (Å²) in [5, 5.41) is 3.41. The molecular weight excluding hydrogens is 250 g/mol. The van der Waals surface area contributed by atoms with Crippen LogP contribution in [0.15, 0.2) is 24.3 Å². The van der Waals surface area contributed by atoms with Gasteiger partial charge in [-0.15, -0.1) is 0 Å². The first-order valence-electron chi connectivity index (χ1n) is 7.70. The number of carbonyl (C=O) groups is 1. The van der Waals surface area contributed by atoms with Gasteiger partial charge in [0.1, 0.15) is 0 Å². The second-order valence-corrected chi connectivity index (χ2v) is 6.12. The highest BCUT2D eigenvalue weighted by Crippen LogP contribution is 2.46. The van der Waals surface area contributed by atoms with Crippen molar-refractivity contribution < 1.29 is 9.53 Å². The number of esters is 1. The van der Waals surface area contributed by atoms with Crippen molar-refractivity contribution in [2.24, 2.45) is 5.41 Å². The third-order valence-corrected chi connectivity index (χ3v) is 4.38. The van der Waals surface area contributed by atoms with E-state index in [1.165, 1.54) is 24.0 Å². The summed E-state index contributed by atoms with van der Waals surface area (Å²) in [7, 11) is 0. The van der Waals surface area contributed by atoms with E-state index < -0.39 is 0 Å². The largest absolute Gasteiger partial charge is 0.466 e. The number of hydrogen-bond acceptors (Lipinski definition) is 3. The average Bonchev–Trinajstić information content (AvgIpc) is 3.34. The second kappa shape index (κ2) is 5.57. The normalized spacial score (nSPS) is 19.6. The van der Waals surface area contributed by atoms with Crippen LogP contribution in [0.25, 0.3) is 0 Å². The minimum atomic E-state index is -0.232. The van der Waals surface area contributed by atoms with Crippen molar-refractivity contribution >= 4 is 5.97 Å². The van der Waals surface area contributed by atoms with E-state index in [1.807, 2.05) is 6.92 Å². The molecule has 2 saturated carbocycles. The Labute approximate surface area is 120 Å². The Balaban J connectivity index is 1.46. The summed E-state index contributed by atoms with van der Waals surface area (Å²) in [6, 6.07) is 8.88. The van der Waals surface area contributed by atoms with Gasteiger partial charge in [0.25, 0.3) is 0 Å². The summed E-state index contributed by atoms with van der Waals surface area (Å²) in [5.74, 6) is 0.784. The highest BCUT2D eigenvalue weighted by Gasteiger charge is 2.50. The molecule has 1 aromatic carbocycles. The molecule has 0 spiro atoms. The molecule has 0 atom stereocenters. The van der Waals surface area contributed by atoms with E-state index >= 15 is 0 Å². The summed E-state index contributed by atoms with van der Waals surface area (Å²) < 4.78 is 5.14. The molecule has 108 valence electrons. The van der Waals surface area contributed by atoms with Gasteiger partial charge < -0.3 is 10.1 Å². The number of carbonyl (C=O) groups excluding carboxylic acids is 1. The van der Waals surface area contributed by atoms with Crippen molar-refractivity contribution in [1.29, 1.82) is 0 Å². The van der Waals surface area contributed by atoms with Crippen LogP contribution >= 0.6 is 0 Å². The number of nitrogens with one attached hydrogen (secondary N) is 1. The van der Waals surface area contributed by atoms with Crippen LogP contribution in [0.5, 0.6) is 0 Å². The molecule has 20 heavy (non-hydrogen) atoms. The molecule has 0 amide bonds. The number of hydrogen-bond donors (Lipinski definition) is 1. The molecule has 0 radical (unpaired) electrons. The minimum absolute atomic E-state index is 0.0309. The quantitative estimate of drug-likeness (QED) is 0.776. The zero-order valence-corrected chi connectivity index (χ0v) is 12.2. The van der Waals surface area contributed by atoms with E-state index in [4.69, 9.17) is 4.74 Å². The molecule has 0 aromatic heterocycles. The minimum Gasteiger partial charge on any atom is -0.466 e. The van der Waals surface area contributed by atoms with E-state index in [2.05, 4.69) is 29.6 Å². The molecule has 0 aliphatic heterocycles. The standard InChI is InChI=1S/C17H23NO2/c1-2-20-16(19)17(9-10-17)12-18-11-13-3-5-14(6-4-13)15-7-8-15/h3-6,15,18H,2,7-12H2,1H3. The first kappa shape index (κ1) is 13.6. The zero-order chi connectivity index (χ0) is 14.0. The van der Waals surface area contributed by atoms with Gasteiger partial charge in [0.2, 0.25) is 0 Å². The van der Waals surface area contributed by atoms with Gasteiger partial charge in [-0.05, 0) is 49.7 Å². The Hall–Kier alpha value is -1.35. The molecule has 0 bridgehead atoms. The lowest BCUT2D eigenvalue weighted by molar-refractivity contribution is -0.149. The lowest BCUT2D eigenvalue weighted by Crippen LogP contribution is -2.31. The van der Waals surface area contributed by atoms with Gasteiger partial charge in [0.05, 0.1) is 12.0 Å². The van der Waals surface area contributed by atoms with Gasteiger partial charge in [-0.2, -0.15) is 0 Å². The molecule has 3 heteroatoms. The van der Waals surface area contributed by atoms with Crippen LogP contribution in [0.1, 0.15) is 49.7 Å². The number of rotatable bonds is 7. The Bertz CT molecular complexity index is 472. The Morgan fingerprint density at radius 2 is 2.00 bits per heavy atom. The van der Waals surface area contributed by atoms with Crippen molar-refractivity contribution in [2.45, 2.75) is 45.1 Å². The molecule has 1 aromatic rings. The average molecular weight is 273 g/mol. The third-order valence-electron chi connectivity index (χ3n) is 4.38. The summed E-state index contributed by atoms with van der Waals surface area (Å²) in [6.07, 6.45) is 4.61. The number of benzene rings is 1. The first-order valence-corrected chi connectivity index (χ1v) is 7.70. The van der Waals surface area contributed by atoms with E-state index in [0.717, 1.165) is 31.8 Å². The van der Waals surface area contributed by atoms with E-state index in [1.54, 1.807) is 0 Å². The first-order chi connectivity index (χ1) is 9.73. The maximum Gasteiger partial charge on any atom is 0.313 e. The molecule has 0 heterocycles. The third kappa shape index (κ3) is 3.04. The molecule has 2 aliphatic rings. The van der Waals surface area contributed by atoms with Crippen LogP contribution in [0.3, 0.4) is 0 Å². The highest BCUT2D eigenvalue weighted by molar-refractivity contribution is 5.80. The molecule has 2 aliphatic carbocycles. The summed E-state index contributed by atoms with van der Waals surface area (Å²) in [5.41, 5.74) is 2.53. The van der Waals surface area contributed by atoms with E-state index in [9.17, 15) is 4.79 Å². The van der Waals surface area contributed by atoms with Gasteiger partial charge in [-0.25, -0.2) is 0 Å². The maximum absolute atomic E-state index is 11.8. The molecule has 2 fully saturated rings. The second-order valence-electron chi connectivity index (χ2n) is 6.12. The zero-order valence-electron chi connectivity index (χ0n) is 12.2. The number of ether oxygens (including phenoxy) is 1. The lowest BCUT2D eigenvalue weighted by Gasteiger charge is -2.14. The van der Waals surface area contributed by atoms with Crippen molar-refractivity contribution in [3.8, 4) is 0 Å². The van der Waals surface area contributed by atoms with Crippen molar-refractivity contribution in [3.05, 3.63) is 35.4 Å². The fraction of sp³-hybridized carbons (Fsp3) is 0.588. The molecule has 0 unspecified atom stereocenters. The van der Waals surface area contributed by atoms with Gasteiger partial charge in [0, 0.05) is 13.1 Å². The lowest BCUT2D eigenvalue weighted by atomic mass is 10.1. The maximum atomic E-state index is 11.8. The van der Waals surface area contributed by atoms with E-state index in [-0.39, 0.29) is 11.4 Å². The van der Waals surface area contributed by atoms with Gasteiger partial charge in [0.15, 0.2) is 0 Å². The molecule has 3 rings (SSSR count). The fourth-order valence-corrected chi connectivity index (χ4v) is 2.66. The summed E-state index contributed by atoms with van der Waals surface area (Å²) >= 11 is 0. The smallest absolute Gasteiger partial charge is 0.313 e. The molecule has 1 N–H and O–H groups in total. The van der Waals surface area contributed by atoms with Crippen molar-refractivity contribution in [1.82, 2.24) is 5.32 Å². The van der Waals surface area contributed by atoms with E-state index in [0.29, 0.717) is 6.61 Å². The fourth-order valence-electron chi connectivity index (χ4n) is 2.66. The van der Waals surface area contributed by atoms with Crippen LogP contribution in [0, 0.1) is 5.41 Å². The van der Waals surface area contributed by atoms with Gasteiger partial charge in [-0.1, -0.05) is 24.3 Å². The molecular formula is C17H23NO2. The predicted octanol–water partition coefficient (Wildman–Crippen LogP) is 3.00. The Kier molecular flexibility index (Phi) is 3.79. The van der Waals surface area contributed by atoms with Gasteiger partial charge >= 0.3 is 5.97 Å². The SMILES string of the molecule is CCOC(=O)C1(CNCc2ccc(C3CC3)cc2)CC1. The molecule has 3 nitrogen and oxygen atoms in total. The van der Waals surface area contributed by atoms with Gasteiger partial charge in [-0.3, -0.25) is 4.79 Å². The van der Waals surface area contributed by atoms with Crippen molar-refractivity contribution in [2.75, 3.05) is 13.2 Å². The highest BCUT2D eigenvalue weighted by atomic mass is 16.5. The topological polar surface area (TPSA) is 38.3 Å². The van der Waals surface area contributed by atoms with Crippen molar-refractivity contribution in [3.63, 3.8) is 0 Å². The van der Waals surface area contributed by atoms with Crippen LogP contribution in [0.4, 0.5) is 0 Å². The van der Waals surface area contributed by atoms with Crippen LogP contribution < -0.4 is 5.32 Å².